The zero-order valence-corrected chi connectivity index (χ0v) is 7.88. The van der Waals surface area contributed by atoms with Crippen LogP contribution in [0.15, 0.2) is 24.8 Å². The second-order valence-electron chi connectivity index (χ2n) is 1.92. The number of para-hydroxylation sites is 1. The first-order chi connectivity index (χ1) is 5.75. The number of benzene rings is 1. The van der Waals surface area contributed by atoms with Crippen molar-refractivity contribution in [2.24, 2.45) is 0 Å². The molecule has 62 valence electrons. The zero-order chi connectivity index (χ0) is 9.56. The van der Waals surface area contributed by atoms with Gasteiger partial charge in [-0.2, -0.15) is 0 Å². The molecule has 0 aliphatic heterocycles. The van der Waals surface area contributed by atoms with Crippen molar-refractivity contribution >= 4 is 6.08 Å². The van der Waals surface area contributed by atoms with Gasteiger partial charge in [0.1, 0.15) is 0 Å². The van der Waals surface area contributed by atoms with Crippen LogP contribution in [0, 0.1) is 0 Å². The van der Waals surface area contributed by atoms with Crippen molar-refractivity contribution in [1.29, 1.82) is 0 Å². The molecule has 12 heavy (non-hydrogen) atoms. The van der Waals surface area contributed by atoms with E-state index in [0.29, 0.717) is 5.56 Å². The first-order valence-corrected chi connectivity index (χ1v) is 3.73. The number of hydrogen-bond donors (Lipinski definition) is 2. The van der Waals surface area contributed by atoms with Crippen LogP contribution in [0.1, 0.15) is 5.56 Å². The van der Waals surface area contributed by atoms with Crippen molar-refractivity contribution < 1.29 is 33.9 Å². The van der Waals surface area contributed by atoms with Crippen molar-refractivity contribution in [3.05, 3.63) is 30.3 Å². The Morgan fingerprint density at radius 2 is 1.92 bits per heavy atom. The first-order valence-electron chi connectivity index (χ1n) is 3.09. The molecule has 1 aromatic rings. The van der Waals surface area contributed by atoms with Crippen LogP contribution in [0.5, 0.6) is 11.5 Å². The molecule has 0 fully saturated rings. The SMILES string of the molecule is C=Cc1cccc(O)c1O.[O]=[Ti]. The second-order valence-corrected chi connectivity index (χ2v) is 1.92. The summed E-state index contributed by atoms with van der Waals surface area (Å²) < 4.78 is 8.25. The van der Waals surface area contributed by atoms with Crippen LogP contribution in [0.2, 0.25) is 0 Å². The van der Waals surface area contributed by atoms with Crippen molar-refractivity contribution in [3.63, 3.8) is 0 Å². The molecule has 0 heterocycles. The van der Waals surface area contributed by atoms with Crippen molar-refractivity contribution in [2.75, 3.05) is 0 Å². The molecule has 0 atom stereocenters. The number of hydrogen-bond acceptors (Lipinski definition) is 3. The van der Waals surface area contributed by atoms with E-state index in [2.05, 4.69) is 6.58 Å². The molecule has 1 aromatic carbocycles. The third kappa shape index (κ3) is 2.60. The molecule has 0 bridgehead atoms. The summed E-state index contributed by atoms with van der Waals surface area (Å²) in [6.07, 6.45) is 1.48. The van der Waals surface area contributed by atoms with E-state index in [0.717, 1.165) is 20.4 Å². The van der Waals surface area contributed by atoms with Crippen LogP contribution in [0.3, 0.4) is 0 Å². The fraction of sp³-hybridized carbons (Fsp3) is 0. The summed E-state index contributed by atoms with van der Waals surface area (Å²) in [7, 11) is 0. The molecule has 3 nitrogen and oxygen atoms in total. The number of aromatic hydroxyl groups is 2. The van der Waals surface area contributed by atoms with Crippen LogP contribution < -0.4 is 0 Å². The third-order valence-corrected chi connectivity index (χ3v) is 1.27. The van der Waals surface area contributed by atoms with E-state index in [1.807, 2.05) is 0 Å². The van der Waals surface area contributed by atoms with Gasteiger partial charge in [0.05, 0.1) is 0 Å². The molecule has 0 spiro atoms. The van der Waals surface area contributed by atoms with E-state index >= 15 is 0 Å². The summed E-state index contributed by atoms with van der Waals surface area (Å²) >= 11 is 0.750. The molecule has 0 radical (unpaired) electrons. The molecule has 0 aliphatic rings. The van der Waals surface area contributed by atoms with Gasteiger partial charge in [-0.1, -0.05) is 24.8 Å². The Morgan fingerprint density at radius 3 is 2.33 bits per heavy atom. The van der Waals surface area contributed by atoms with Gasteiger partial charge in [-0.3, -0.25) is 0 Å². The Hall–Kier alpha value is -0.926. The first kappa shape index (κ1) is 11.1. The van der Waals surface area contributed by atoms with Gasteiger partial charge in [-0.15, -0.1) is 0 Å². The normalized spacial score (nSPS) is 7.92. The number of phenols is 2. The van der Waals surface area contributed by atoms with E-state index < -0.39 is 0 Å². The Morgan fingerprint density at radius 1 is 1.33 bits per heavy atom. The quantitative estimate of drug-likeness (QED) is 0.534. The number of phenolic OH excluding ortho intramolecular Hbond substituents is 2. The van der Waals surface area contributed by atoms with E-state index in [1.165, 1.54) is 12.1 Å². The van der Waals surface area contributed by atoms with Gasteiger partial charge in [0.2, 0.25) is 0 Å². The summed E-state index contributed by atoms with van der Waals surface area (Å²) in [5, 5.41) is 18.0. The van der Waals surface area contributed by atoms with Crippen molar-refractivity contribution in [3.8, 4) is 11.5 Å². The van der Waals surface area contributed by atoms with Gasteiger partial charge < -0.3 is 10.2 Å². The summed E-state index contributed by atoms with van der Waals surface area (Å²) in [6.45, 7) is 3.46. The molecule has 0 unspecified atom stereocenters. The topological polar surface area (TPSA) is 57.5 Å². The summed E-state index contributed by atoms with van der Waals surface area (Å²) in [5.41, 5.74) is 0.542. The minimum atomic E-state index is -0.114. The van der Waals surface area contributed by atoms with Gasteiger partial charge in [0.15, 0.2) is 11.5 Å². The van der Waals surface area contributed by atoms with Crippen LogP contribution in [0.4, 0.5) is 0 Å². The Labute approximate surface area is 82.1 Å². The Balaban J connectivity index is 0.000000561. The van der Waals surface area contributed by atoms with E-state index in [1.54, 1.807) is 12.1 Å². The predicted molar refractivity (Wildman–Crippen MR) is 40.5 cm³/mol. The average molecular weight is 200 g/mol. The summed E-state index contributed by atoms with van der Waals surface area (Å²) in [6, 6.07) is 4.73. The van der Waals surface area contributed by atoms with E-state index in [9.17, 15) is 0 Å². The summed E-state index contributed by atoms with van der Waals surface area (Å²) in [5.74, 6) is -0.227. The Bertz CT molecular complexity index is 273. The van der Waals surface area contributed by atoms with Gasteiger partial charge in [-0.05, 0) is 6.07 Å². The van der Waals surface area contributed by atoms with Gasteiger partial charge in [0, 0.05) is 5.56 Å². The third-order valence-electron chi connectivity index (χ3n) is 1.27. The zero-order valence-electron chi connectivity index (χ0n) is 6.32. The predicted octanol–water partition coefficient (Wildman–Crippen LogP) is 1.62. The van der Waals surface area contributed by atoms with Gasteiger partial charge >= 0.3 is 23.7 Å². The molecule has 0 aromatic heterocycles. The van der Waals surface area contributed by atoms with E-state index in [4.69, 9.17) is 13.5 Å². The molecular weight excluding hydrogens is 192 g/mol. The second kappa shape index (κ2) is 5.69. The maximum absolute atomic E-state index is 9.08. The van der Waals surface area contributed by atoms with Crippen LogP contribution in [-0.4, -0.2) is 10.2 Å². The molecule has 2 N–H and O–H groups in total. The minimum absolute atomic E-state index is 0.113. The summed E-state index contributed by atoms with van der Waals surface area (Å²) in [4.78, 5) is 0. The van der Waals surface area contributed by atoms with Crippen LogP contribution in [-0.2, 0) is 23.7 Å². The molecule has 0 saturated carbocycles. The Kier molecular flexibility index (Phi) is 5.25. The van der Waals surface area contributed by atoms with E-state index in [-0.39, 0.29) is 11.5 Å². The standard InChI is InChI=1S/C8H8O2.O.Ti/c1-2-6-4-3-5-7(9)8(6)10;;/h2-5,9-10H,1H2;;. The molecule has 0 aliphatic carbocycles. The van der Waals surface area contributed by atoms with Crippen LogP contribution in [0.25, 0.3) is 6.08 Å². The molecule has 0 saturated heterocycles. The monoisotopic (exact) mass is 200 g/mol. The maximum atomic E-state index is 9.08. The molecule has 1 rings (SSSR count). The molecule has 4 heteroatoms. The fourth-order valence-corrected chi connectivity index (χ4v) is 0.713. The van der Waals surface area contributed by atoms with Crippen LogP contribution >= 0.6 is 0 Å². The fourth-order valence-electron chi connectivity index (χ4n) is 0.713. The number of rotatable bonds is 1. The van der Waals surface area contributed by atoms with Gasteiger partial charge in [0.25, 0.3) is 0 Å². The van der Waals surface area contributed by atoms with Crippen molar-refractivity contribution in [1.82, 2.24) is 0 Å². The van der Waals surface area contributed by atoms with Crippen molar-refractivity contribution in [2.45, 2.75) is 0 Å². The average Bonchev–Trinajstić information content (AvgIpc) is 2.13. The van der Waals surface area contributed by atoms with Gasteiger partial charge in [-0.25, -0.2) is 0 Å². The molecular formula is C8H8O3Ti. The molecule has 0 amide bonds.